The van der Waals surface area contributed by atoms with Crippen molar-refractivity contribution in [1.29, 1.82) is 0 Å². The first kappa shape index (κ1) is 14.9. The van der Waals surface area contributed by atoms with Gasteiger partial charge in [-0.1, -0.05) is 20.3 Å². The van der Waals surface area contributed by atoms with Crippen molar-refractivity contribution >= 4 is 15.7 Å². The molecule has 0 aromatic heterocycles. The molecule has 0 amide bonds. The van der Waals surface area contributed by atoms with Gasteiger partial charge in [-0.3, -0.25) is 0 Å². The lowest BCUT2D eigenvalue weighted by molar-refractivity contribution is 0.587. The van der Waals surface area contributed by atoms with E-state index in [2.05, 4.69) is 12.2 Å². The fourth-order valence-electron chi connectivity index (χ4n) is 1.74. The minimum atomic E-state index is -3.85. The third-order valence-electron chi connectivity index (χ3n) is 2.76. The van der Waals surface area contributed by atoms with E-state index in [1.165, 1.54) is 12.1 Å². The molecule has 1 atom stereocenters. The monoisotopic (exact) mass is 274 g/mol. The molecule has 0 heterocycles. The Bertz CT molecular complexity index is 503. The first-order valence-corrected chi connectivity index (χ1v) is 7.52. The van der Waals surface area contributed by atoms with Gasteiger partial charge < -0.3 is 5.32 Å². The summed E-state index contributed by atoms with van der Waals surface area (Å²) in [5.41, 5.74) is 0.308. The van der Waals surface area contributed by atoms with Gasteiger partial charge in [-0.2, -0.15) is 0 Å². The summed E-state index contributed by atoms with van der Waals surface area (Å²) in [5, 5.41) is 8.00. The predicted molar refractivity (Wildman–Crippen MR) is 70.4 cm³/mol. The molecule has 0 radical (unpaired) electrons. The van der Waals surface area contributed by atoms with Gasteiger partial charge in [0.2, 0.25) is 10.0 Å². The summed E-state index contributed by atoms with van der Waals surface area (Å²) in [6.07, 6.45) is 2.82. The number of benzene rings is 1. The quantitative estimate of drug-likeness (QED) is 0.837. The largest absolute Gasteiger partial charge is 0.380 e. The number of anilines is 1. The van der Waals surface area contributed by atoms with Crippen molar-refractivity contribution in [1.82, 2.24) is 0 Å². The van der Waals surface area contributed by atoms with E-state index in [0.29, 0.717) is 5.69 Å². The van der Waals surface area contributed by atoms with Crippen LogP contribution in [0.1, 0.15) is 33.1 Å². The van der Waals surface area contributed by atoms with Gasteiger partial charge in [0.25, 0.3) is 0 Å². The zero-order valence-electron chi connectivity index (χ0n) is 10.6. The van der Waals surface area contributed by atoms with Crippen molar-refractivity contribution in [2.45, 2.75) is 44.0 Å². The van der Waals surface area contributed by atoms with E-state index in [0.717, 1.165) is 25.3 Å². The number of sulfonamides is 1. The van der Waals surface area contributed by atoms with Gasteiger partial charge >= 0.3 is 0 Å². The lowest BCUT2D eigenvalue weighted by atomic mass is 10.1. The number of hydrogen-bond acceptors (Lipinski definition) is 3. The Morgan fingerprint density at radius 2 is 2.06 bits per heavy atom. The van der Waals surface area contributed by atoms with Crippen molar-refractivity contribution in [3.05, 3.63) is 24.0 Å². The van der Waals surface area contributed by atoms with Crippen molar-refractivity contribution in [2.24, 2.45) is 5.14 Å². The molecule has 0 aliphatic rings. The summed E-state index contributed by atoms with van der Waals surface area (Å²) in [7, 11) is -3.85. The first-order chi connectivity index (χ1) is 8.38. The fraction of sp³-hybridized carbons (Fsp3) is 0.500. The van der Waals surface area contributed by atoms with E-state index in [4.69, 9.17) is 5.14 Å². The molecule has 1 aromatic rings. The van der Waals surface area contributed by atoms with E-state index >= 15 is 0 Å². The Hall–Kier alpha value is -1.14. The van der Waals surface area contributed by atoms with Gasteiger partial charge in [0.15, 0.2) is 0 Å². The van der Waals surface area contributed by atoms with Crippen LogP contribution in [0.5, 0.6) is 0 Å². The third-order valence-corrected chi connectivity index (χ3v) is 3.67. The van der Waals surface area contributed by atoms with Crippen LogP contribution in [0.25, 0.3) is 0 Å². The minimum absolute atomic E-state index is 0.185. The SMILES string of the molecule is CCCC(CC)Nc1ccc(S(N)(=O)=O)cc1F. The minimum Gasteiger partial charge on any atom is -0.380 e. The average molecular weight is 274 g/mol. The zero-order valence-corrected chi connectivity index (χ0v) is 11.4. The fourth-order valence-corrected chi connectivity index (χ4v) is 2.26. The Kier molecular flexibility index (Phi) is 5.10. The van der Waals surface area contributed by atoms with E-state index in [-0.39, 0.29) is 10.9 Å². The first-order valence-electron chi connectivity index (χ1n) is 5.97. The molecule has 4 nitrogen and oxygen atoms in total. The summed E-state index contributed by atoms with van der Waals surface area (Å²) < 4.78 is 35.9. The summed E-state index contributed by atoms with van der Waals surface area (Å²) >= 11 is 0. The zero-order chi connectivity index (χ0) is 13.8. The second-order valence-electron chi connectivity index (χ2n) is 4.22. The number of nitrogens with one attached hydrogen (secondary N) is 1. The topological polar surface area (TPSA) is 72.2 Å². The molecule has 1 rings (SSSR count). The molecule has 3 N–H and O–H groups in total. The molecule has 18 heavy (non-hydrogen) atoms. The lowest BCUT2D eigenvalue weighted by Gasteiger charge is -2.18. The molecule has 1 unspecified atom stereocenters. The standard InChI is InChI=1S/C12H19FN2O2S/c1-3-5-9(4-2)15-12-7-6-10(8-11(12)13)18(14,16)17/h6-9,15H,3-5H2,1-2H3,(H2,14,16,17). The van der Waals surface area contributed by atoms with Crippen molar-refractivity contribution in [3.8, 4) is 0 Å². The molecule has 0 aliphatic carbocycles. The summed E-state index contributed by atoms with van der Waals surface area (Å²) in [6, 6.07) is 3.84. The van der Waals surface area contributed by atoms with Crippen LogP contribution in [0, 0.1) is 5.82 Å². The van der Waals surface area contributed by atoms with Gasteiger partial charge in [-0.05, 0) is 31.0 Å². The van der Waals surface area contributed by atoms with Crippen molar-refractivity contribution in [2.75, 3.05) is 5.32 Å². The maximum absolute atomic E-state index is 13.7. The van der Waals surface area contributed by atoms with Crippen LogP contribution < -0.4 is 10.5 Å². The molecular formula is C12H19FN2O2S. The van der Waals surface area contributed by atoms with E-state index in [9.17, 15) is 12.8 Å². The number of nitrogens with two attached hydrogens (primary N) is 1. The Labute approximate surface area is 107 Å². The molecule has 0 bridgehead atoms. The highest BCUT2D eigenvalue weighted by Crippen LogP contribution is 2.20. The van der Waals surface area contributed by atoms with Crippen LogP contribution in [0.2, 0.25) is 0 Å². The second kappa shape index (κ2) is 6.15. The second-order valence-corrected chi connectivity index (χ2v) is 5.79. The molecular weight excluding hydrogens is 255 g/mol. The van der Waals surface area contributed by atoms with Gasteiger partial charge in [0, 0.05) is 6.04 Å². The average Bonchev–Trinajstić information content (AvgIpc) is 2.29. The van der Waals surface area contributed by atoms with Gasteiger partial charge in [-0.15, -0.1) is 0 Å². The maximum Gasteiger partial charge on any atom is 0.238 e. The van der Waals surface area contributed by atoms with Crippen LogP contribution in [0.3, 0.4) is 0 Å². The van der Waals surface area contributed by atoms with Gasteiger partial charge in [-0.25, -0.2) is 17.9 Å². The smallest absolute Gasteiger partial charge is 0.238 e. The van der Waals surface area contributed by atoms with Gasteiger partial charge in [0.1, 0.15) is 5.82 Å². The molecule has 1 aromatic carbocycles. The normalized spacial score (nSPS) is 13.3. The molecule has 0 aliphatic heterocycles. The summed E-state index contributed by atoms with van der Waals surface area (Å²) in [5.74, 6) is -0.601. The van der Waals surface area contributed by atoms with Crippen LogP contribution >= 0.6 is 0 Å². The Balaban J connectivity index is 2.92. The molecule has 102 valence electrons. The Morgan fingerprint density at radius 3 is 2.50 bits per heavy atom. The maximum atomic E-state index is 13.7. The third kappa shape index (κ3) is 3.96. The highest BCUT2D eigenvalue weighted by atomic mass is 32.2. The van der Waals surface area contributed by atoms with Crippen LogP contribution in [-0.2, 0) is 10.0 Å². The highest BCUT2D eigenvalue weighted by Gasteiger charge is 2.13. The number of rotatable bonds is 6. The van der Waals surface area contributed by atoms with Crippen molar-refractivity contribution in [3.63, 3.8) is 0 Å². The summed E-state index contributed by atoms with van der Waals surface area (Å²) in [6.45, 7) is 4.08. The highest BCUT2D eigenvalue weighted by molar-refractivity contribution is 7.89. The Morgan fingerprint density at radius 1 is 1.39 bits per heavy atom. The van der Waals surface area contributed by atoms with Crippen molar-refractivity contribution < 1.29 is 12.8 Å². The van der Waals surface area contributed by atoms with E-state index < -0.39 is 15.8 Å². The molecule has 0 fully saturated rings. The van der Waals surface area contributed by atoms with Crippen LogP contribution in [-0.4, -0.2) is 14.5 Å². The van der Waals surface area contributed by atoms with Gasteiger partial charge in [0.05, 0.1) is 10.6 Å². The molecule has 0 spiro atoms. The predicted octanol–water partition coefficient (Wildman–Crippen LogP) is 2.46. The summed E-state index contributed by atoms with van der Waals surface area (Å²) in [4.78, 5) is -0.214. The molecule has 0 saturated heterocycles. The molecule has 6 heteroatoms. The van der Waals surface area contributed by atoms with Crippen LogP contribution in [0.4, 0.5) is 10.1 Å². The van der Waals surface area contributed by atoms with E-state index in [1.807, 2.05) is 6.92 Å². The molecule has 0 saturated carbocycles. The van der Waals surface area contributed by atoms with E-state index in [1.54, 1.807) is 0 Å². The lowest BCUT2D eigenvalue weighted by Crippen LogP contribution is -2.19. The number of hydrogen-bond donors (Lipinski definition) is 2. The number of primary sulfonamides is 1. The number of halogens is 1. The van der Waals surface area contributed by atoms with Crippen LogP contribution in [0.15, 0.2) is 23.1 Å².